The Morgan fingerprint density at radius 2 is 2.17 bits per heavy atom. The van der Waals surface area contributed by atoms with E-state index in [1.165, 1.54) is 38.9 Å². The summed E-state index contributed by atoms with van der Waals surface area (Å²) in [7, 11) is 0. The summed E-state index contributed by atoms with van der Waals surface area (Å²) in [6, 6.07) is 0. The van der Waals surface area contributed by atoms with Crippen LogP contribution in [0.1, 0.15) is 52.9 Å². The predicted molar refractivity (Wildman–Crippen MR) is 75.9 cm³/mol. The van der Waals surface area contributed by atoms with Gasteiger partial charge in [-0.3, -0.25) is 0 Å². The van der Waals surface area contributed by atoms with E-state index in [9.17, 15) is 0 Å². The van der Waals surface area contributed by atoms with Crippen LogP contribution in [0.25, 0.3) is 0 Å². The molecule has 1 rings (SSSR count). The highest BCUT2D eigenvalue weighted by atomic mass is 16.4. The predicted octanol–water partition coefficient (Wildman–Crippen LogP) is 2.66. The Balaban J connectivity index is 2.18. The minimum Gasteiger partial charge on any atom is -0.409 e. The molecule has 0 saturated carbocycles. The van der Waals surface area contributed by atoms with E-state index in [-0.39, 0.29) is 5.41 Å². The van der Waals surface area contributed by atoms with E-state index in [2.05, 4.69) is 17.0 Å². The van der Waals surface area contributed by atoms with E-state index in [4.69, 9.17) is 10.9 Å². The average molecular weight is 255 g/mol. The summed E-state index contributed by atoms with van der Waals surface area (Å²) in [5.74, 6) is 1.20. The molecular weight excluding hydrogens is 226 g/mol. The Morgan fingerprint density at radius 1 is 1.44 bits per heavy atom. The van der Waals surface area contributed by atoms with Crippen LogP contribution in [0.5, 0.6) is 0 Å². The maximum atomic E-state index is 8.71. The molecule has 18 heavy (non-hydrogen) atoms. The number of amidine groups is 1. The van der Waals surface area contributed by atoms with E-state index < -0.39 is 0 Å². The molecule has 0 radical (unpaired) electrons. The molecule has 4 heteroatoms. The molecule has 0 aromatic rings. The molecule has 0 aromatic heterocycles. The van der Waals surface area contributed by atoms with Crippen molar-refractivity contribution >= 4 is 5.84 Å². The van der Waals surface area contributed by atoms with Crippen LogP contribution in [0, 0.1) is 11.3 Å². The van der Waals surface area contributed by atoms with E-state index in [1.807, 2.05) is 13.8 Å². The molecular formula is C14H29N3O. The molecule has 1 unspecified atom stereocenters. The molecule has 1 heterocycles. The van der Waals surface area contributed by atoms with Gasteiger partial charge in [0.1, 0.15) is 5.84 Å². The highest BCUT2D eigenvalue weighted by Gasteiger charge is 2.23. The molecule has 1 aliphatic rings. The zero-order valence-electron chi connectivity index (χ0n) is 12.2. The summed E-state index contributed by atoms with van der Waals surface area (Å²) >= 11 is 0. The Labute approximate surface area is 111 Å². The van der Waals surface area contributed by atoms with Crippen LogP contribution in [-0.2, 0) is 0 Å². The van der Waals surface area contributed by atoms with Crippen LogP contribution in [0.3, 0.4) is 0 Å². The minimum atomic E-state index is -0.191. The number of unbranched alkanes of at least 4 members (excludes halogenated alkanes) is 1. The topological polar surface area (TPSA) is 61.8 Å². The Kier molecular flexibility index (Phi) is 5.93. The third kappa shape index (κ3) is 4.84. The second kappa shape index (κ2) is 6.98. The number of piperidine rings is 1. The lowest BCUT2D eigenvalue weighted by Gasteiger charge is -2.31. The minimum absolute atomic E-state index is 0.191. The molecule has 0 aromatic carbocycles. The van der Waals surface area contributed by atoms with Crippen molar-refractivity contribution in [2.24, 2.45) is 22.2 Å². The van der Waals surface area contributed by atoms with Gasteiger partial charge >= 0.3 is 0 Å². The van der Waals surface area contributed by atoms with Gasteiger partial charge in [-0.1, -0.05) is 32.3 Å². The van der Waals surface area contributed by atoms with Gasteiger partial charge in [0.05, 0.1) is 0 Å². The summed E-state index contributed by atoms with van der Waals surface area (Å²) in [5, 5.41) is 11.8. The highest BCUT2D eigenvalue weighted by molar-refractivity contribution is 5.85. The van der Waals surface area contributed by atoms with Gasteiger partial charge < -0.3 is 15.8 Å². The van der Waals surface area contributed by atoms with Crippen molar-refractivity contribution in [3.63, 3.8) is 0 Å². The number of hydrogen-bond donors (Lipinski definition) is 2. The molecule has 4 nitrogen and oxygen atoms in total. The van der Waals surface area contributed by atoms with E-state index in [0.29, 0.717) is 5.84 Å². The molecule has 1 fully saturated rings. The quantitative estimate of drug-likeness (QED) is 0.252. The summed E-state index contributed by atoms with van der Waals surface area (Å²) in [5.41, 5.74) is 5.49. The Morgan fingerprint density at radius 3 is 2.78 bits per heavy atom. The van der Waals surface area contributed by atoms with Crippen molar-refractivity contribution < 1.29 is 5.21 Å². The van der Waals surface area contributed by atoms with Gasteiger partial charge in [-0.25, -0.2) is 0 Å². The molecule has 1 aliphatic heterocycles. The van der Waals surface area contributed by atoms with E-state index in [0.717, 1.165) is 18.8 Å². The van der Waals surface area contributed by atoms with Gasteiger partial charge in [0.25, 0.3) is 0 Å². The SMILES string of the molecule is CC1CCCN(CCCCC(C)(C)C(N)=NO)C1. The number of nitrogens with two attached hydrogens (primary N) is 1. The van der Waals surface area contributed by atoms with E-state index >= 15 is 0 Å². The average Bonchev–Trinajstić information content (AvgIpc) is 2.33. The van der Waals surface area contributed by atoms with Gasteiger partial charge in [0.2, 0.25) is 0 Å². The molecule has 0 bridgehead atoms. The fourth-order valence-electron chi connectivity index (χ4n) is 2.66. The molecule has 0 spiro atoms. The number of oxime groups is 1. The van der Waals surface area contributed by atoms with Crippen LogP contribution in [-0.4, -0.2) is 35.6 Å². The summed E-state index contributed by atoms with van der Waals surface area (Å²) in [6.45, 7) is 10.1. The first-order chi connectivity index (χ1) is 8.45. The van der Waals surface area contributed by atoms with Gasteiger partial charge in [-0.15, -0.1) is 0 Å². The lowest BCUT2D eigenvalue weighted by molar-refractivity contribution is 0.179. The van der Waals surface area contributed by atoms with Gasteiger partial charge in [-0.05, 0) is 44.7 Å². The second-order valence-electron chi connectivity index (χ2n) is 6.37. The summed E-state index contributed by atoms with van der Waals surface area (Å²) in [4.78, 5) is 2.57. The number of hydrogen-bond acceptors (Lipinski definition) is 3. The first-order valence-corrected chi connectivity index (χ1v) is 7.16. The maximum absolute atomic E-state index is 8.71. The van der Waals surface area contributed by atoms with Crippen LogP contribution >= 0.6 is 0 Å². The fraction of sp³-hybridized carbons (Fsp3) is 0.929. The molecule has 1 atom stereocenters. The molecule has 106 valence electrons. The summed E-state index contributed by atoms with van der Waals surface area (Å²) < 4.78 is 0. The van der Waals surface area contributed by atoms with Gasteiger partial charge in [-0.2, -0.15) is 0 Å². The van der Waals surface area contributed by atoms with Crippen molar-refractivity contribution in [3.05, 3.63) is 0 Å². The molecule has 3 N–H and O–H groups in total. The Bertz CT molecular complexity index is 276. The fourth-order valence-corrected chi connectivity index (χ4v) is 2.66. The monoisotopic (exact) mass is 255 g/mol. The van der Waals surface area contributed by atoms with Crippen molar-refractivity contribution in [2.75, 3.05) is 19.6 Å². The largest absolute Gasteiger partial charge is 0.409 e. The lowest BCUT2D eigenvalue weighted by atomic mass is 9.86. The van der Waals surface area contributed by atoms with Crippen molar-refractivity contribution in [1.82, 2.24) is 4.90 Å². The van der Waals surface area contributed by atoms with Crippen molar-refractivity contribution in [1.29, 1.82) is 0 Å². The third-order valence-corrected chi connectivity index (χ3v) is 4.07. The van der Waals surface area contributed by atoms with Crippen molar-refractivity contribution in [3.8, 4) is 0 Å². The van der Waals surface area contributed by atoms with Crippen LogP contribution < -0.4 is 5.73 Å². The highest BCUT2D eigenvalue weighted by Crippen LogP contribution is 2.24. The number of rotatable bonds is 6. The van der Waals surface area contributed by atoms with Gasteiger partial charge in [0, 0.05) is 12.0 Å². The van der Waals surface area contributed by atoms with E-state index in [1.54, 1.807) is 0 Å². The molecule has 1 saturated heterocycles. The Hall–Kier alpha value is -0.770. The van der Waals surface area contributed by atoms with Crippen LogP contribution in [0.2, 0.25) is 0 Å². The van der Waals surface area contributed by atoms with Crippen LogP contribution in [0.4, 0.5) is 0 Å². The smallest absolute Gasteiger partial charge is 0.144 e. The lowest BCUT2D eigenvalue weighted by Crippen LogP contribution is -2.35. The number of likely N-dealkylation sites (tertiary alicyclic amines) is 1. The third-order valence-electron chi connectivity index (χ3n) is 4.07. The standard InChI is InChI=1S/C14H29N3O/c1-12-7-6-10-17(11-12)9-5-4-8-14(2,3)13(15)16-18/h12,18H,4-11H2,1-3H3,(H2,15,16). The van der Waals surface area contributed by atoms with Gasteiger partial charge in [0.15, 0.2) is 0 Å². The first kappa shape index (κ1) is 15.3. The summed E-state index contributed by atoms with van der Waals surface area (Å²) in [6.07, 6.45) is 6.04. The van der Waals surface area contributed by atoms with Crippen molar-refractivity contribution in [2.45, 2.75) is 52.9 Å². The number of nitrogens with zero attached hydrogens (tertiary/aromatic N) is 2. The second-order valence-corrected chi connectivity index (χ2v) is 6.37. The molecule has 0 aliphatic carbocycles. The van der Waals surface area contributed by atoms with Crippen LogP contribution in [0.15, 0.2) is 5.16 Å². The first-order valence-electron chi connectivity index (χ1n) is 7.16. The zero-order chi connectivity index (χ0) is 13.6. The molecule has 0 amide bonds. The maximum Gasteiger partial charge on any atom is 0.144 e. The normalized spacial score (nSPS) is 23.3. The zero-order valence-corrected chi connectivity index (χ0v) is 12.2.